The normalized spacial score (nSPS) is 16.2. The van der Waals surface area contributed by atoms with Crippen LogP contribution in [0.25, 0.3) is 0 Å². The van der Waals surface area contributed by atoms with E-state index in [2.05, 4.69) is 4.99 Å². The van der Waals surface area contributed by atoms with E-state index in [1.807, 2.05) is 0 Å². The number of anilines is 1. The first-order valence-corrected chi connectivity index (χ1v) is 7.07. The van der Waals surface area contributed by atoms with Gasteiger partial charge in [-0.15, -0.1) is 0 Å². The fourth-order valence-corrected chi connectivity index (χ4v) is 2.30. The highest BCUT2D eigenvalue weighted by Gasteiger charge is 2.34. The van der Waals surface area contributed by atoms with Crippen molar-refractivity contribution in [1.82, 2.24) is 4.90 Å². The molecule has 2 aliphatic rings. The summed E-state index contributed by atoms with van der Waals surface area (Å²) in [6, 6.07) is 2.56. The van der Waals surface area contributed by atoms with Crippen LogP contribution in [-0.2, 0) is 4.79 Å². The highest BCUT2D eigenvalue weighted by Crippen LogP contribution is 2.31. The number of aliphatic imine (C=N–C) groups is 1. The van der Waals surface area contributed by atoms with Gasteiger partial charge in [-0.05, 0) is 30.7 Å². The Morgan fingerprint density at radius 1 is 1.29 bits per heavy atom. The molecular formula is C15H12ClF4N3O. The molecule has 0 saturated carbocycles. The Balaban J connectivity index is 0.000000647. The van der Waals surface area contributed by atoms with Crippen molar-refractivity contribution in [2.45, 2.75) is 6.92 Å². The van der Waals surface area contributed by atoms with Crippen LogP contribution in [0.3, 0.4) is 0 Å². The lowest BCUT2D eigenvalue weighted by atomic mass is 10.2. The van der Waals surface area contributed by atoms with E-state index in [-0.39, 0.29) is 23.2 Å². The van der Waals surface area contributed by atoms with Gasteiger partial charge in [0.05, 0.1) is 18.3 Å². The highest BCUT2D eigenvalue weighted by molar-refractivity contribution is 6.31. The smallest absolute Gasteiger partial charge is 0.262 e. The zero-order chi connectivity index (χ0) is 17.9. The van der Waals surface area contributed by atoms with Gasteiger partial charge in [0.1, 0.15) is 5.82 Å². The summed E-state index contributed by atoms with van der Waals surface area (Å²) in [5, 5.41) is 0.254. The molecule has 3 rings (SSSR count). The molecule has 0 N–H and O–H groups in total. The van der Waals surface area contributed by atoms with Crippen LogP contribution >= 0.6 is 11.6 Å². The molecule has 0 aromatic heterocycles. The monoisotopic (exact) mass is 361 g/mol. The van der Waals surface area contributed by atoms with Crippen LogP contribution in [0, 0.1) is 12.7 Å². The Kier molecular flexibility index (Phi) is 5.61. The number of carbonyl (C=O) groups is 1. The molecule has 0 unspecified atom stereocenters. The number of nitrogens with zero attached hydrogens (tertiary/aromatic N) is 3. The van der Waals surface area contributed by atoms with Crippen molar-refractivity contribution >= 4 is 29.2 Å². The summed E-state index contributed by atoms with van der Waals surface area (Å²) in [4.78, 5) is 18.3. The summed E-state index contributed by atoms with van der Waals surface area (Å²) in [5.41, 5.74) is 0.596. The maximum atomic E-state index is 14.2. The molecule has 0 atom stereocenters. The third-order valence-corrected chi connectivity index (χ3v) is 3.58. The number of guanidine groups is 1. The predicted octanol–water partition coefficient (Wildman–Crippen LogP) is 4.01. The highest BCUT2D eigenvalue weighted by atomic mass is 35.5. The average Bonchev–Trinajstić information content (AvgIpc) is 2.53. The minimum absolute atomic E-state index is 0.00954. The first-order chi connectivity index (χ1) is 11.4. The van der Waals surface area contributed by atoms with E-state index in [9.17, 15) is 22.4 Å². The van der Waals surface area contributed by atoms with Crippen molar-refractivity contribution in [3.05, 3.63) is 52.8 Å². The van der Waals surface area contributed by atoms with Crippen LogP contribution in [0.1, 0.15) is 5.56 Å². The molecular weight excluding hydrogens is 350 g/mol. The zero-order valence-corrected chi connectivity index (χ0v) is 13.2. The number of hydrogen-bond acceptors (Lipinski definition) is 3. The van der Waals surface area contributed by atoms with Gasteiger partial charge >= 0.3 is 0 Å². The predicted molar refractivity (Wildman–Crippen MR) is 83.2 cm³/mol. The van der Waals surface area contributed by atoms with Gasteiger partial charge in [0.25, 0.3) is 5.91 Å². The first kappa shape index (κ1) is 18.0. The summed E-state index contributed by atoms with van der Waals surface area (Å²) in [6.07, 6.45) is 3.88. The topological polar surface area (TPSA) is 35.9 Å². The Hall–Kier alpha value is -2.35. The van der Waals surface area contributed by atoms with Crippen LogP contribution in [0.4, 0.5) is 23.2 Å². The van der Waals surface area contributed by atoms with E-state index >= 15 is 0 Å². The Labute approximate surface area is 140 Å². The lowest BCUT2D eigenvalue weighted by Crippen LogP contribution is -2.49. The van der Waals surface area contributed by atoms with Crippen LogP contribution in [0.2, 0.25) is 5.02 Å². The largest absolute Gasteiger partial charge is 0.269 e. The van der Waals surface area contributed by atoms with E-state index in [4.69, 9.17) is 11.6 Å². The molecule has 0 bridgehead atoms. The van der Waals surface area contributed by atoms with Gasteiger partial charge < -0.3 is 0 Å². The standard InChI is InChI=1S/C14H10ClF2N3O.CH2F2/c1-8-5-11(10(16)6-9(8)15)20-13(21)7-12(17)19-4-2-3-18-14(19)20;2-1-3/h2,4-7H,3H2,1H3;1H2. The first-order valence-electron chi connectivity index (χ1n) is 6.70. The second-order valence-electron chi connectivity index (χ2n) is 4.69. The van der Waals surface area contributed by atoms with Crippen LogP contribution in [-0.4, -0.2) is 30.2 Å². The third-order valence-electron chi connectivity index (χ3n) is 3.17. The van der Waals surface area contributed by atoms with Crippen molar-refractivity contribution in [2.24, 2.45) is 4.99 Å². The maximum Gasteiger partial charge on any atom is 0.262 e. The zero-order valence-electron chi connectivity index (χ0n) is 12.4. The molecule has 0 spiro atoms. The number of hydrogen-bond donors (Lipinski definition) is 0. The number of carbonyl (C=O) groups excluding carboxylic acids is 1. The number of fused-ring (bicyclic) bond motifs is 1. The summed E-state index contributed by atoms with van der Waals surface area (Å²) in [6.45, 7) is 0.230. The molecule has 1 aromatic rings. The Morgan fingerprint density at radius 3 is 2.62 bits per heavy atom. The van der Waals surface area contributed by atoms with Crippen molar-refractivity contribution in [2.75, 3.05) is 18.4 Å². The lowest BCUT2D eigenvalue weighted by molar-refractivity contribution is -0.113. The second kappa shape index (κ2) is 7.48. The summed E-state index contributed by atoms with van der Waals surface area (Å²) in [7, 11) is 0. The van der Waals surface area contributed by atoms with Crippen molar-refractivity contribution in [3.63, 3.8) is 0 Å². The molecule has 4 nitrogen and oxygen atoms in total. The fraction of sp³-hybridized carbons (Fsp3) is 0.200. The van der Waals surface area contributed by atoms with E-state index in [1.165, 1.54) is 12.3 Å². The van der Waals surface area contributed by atoms with Gasteiger partial charge in [0, 0.05) is 11.2 Å². The molecule has 2 heterocycles. The number of rotatable bonds is 1. The molecule has 2 aliphatic heterocycles. The van der Waals surface area contributed by atoms with Crippen LogP contribution < -0.4 is 4.90 Å². The number of aryl methyl sites for hydroxylation is 1. The third kappa shape index (κ3) is 3.43. The lowest BCUT2D eigenvalue weighted by Gasteiger charge is -2.34. The van der Waals surface area contributed by atoms with Crippen molar-refractivity contribution in [1.29, 1.82) is 0 Å². The van der Waals surface area contributed by atoms with Gasteiger partial charge in [0.2, 0.25) is 18.8 Å². The summed E-state index contributed by atoms with van der Waals surface area (Å²) in [5.74, 6) is -2.09. The van der Waals surface area contributed by atoms with Crippen molar-refractivity contribution in [3.8, 4) is 0 Å². The molecule has 1 aromatic carbocycles. The second-order valence-corrected chi connectivity index (χ2v) is 5.10. The van der Waals surface area contributed by atoms with Gasteiger partial charge in [-0.3, -0.25) is 9.69 Å². The minimum Gasteiger partial charge on any atom is -0.269 e. The molecule has 128 valence electrons. The van der Waals surface area contributed by atoms with Crippen molar-refractivity contribution < 1.29 is 22.4 Å². The molecule has 0 aliphatic carbocycles. The quantitative estimate of drug-likeness (QED) is 0.559. The van der Waals surface area contributed by atoms with Gasteiger partial charge in [-0.1, -0.05) is 11.6 Å². The van der Waals surface area contributed by atoms with Gasteiger partial charge in [-0.25, -0.2) is 23.1 Å². The van der Waals surface area contributed by atoms with Crippen LogP contribution in [0.5, 0.6) is 0 Å². The number of amides is 1. The number of alkyl halides is 2. The summed E-state index contributed by atoms with van der Waals surface area (Å²) < 4.78 is 47.2. The molecule has 1 amide bonds. The van der Waals surface area contributed by atoms with E-state index in [0.29, 0.717) is 5.56 Å². The van der Waals surface area contributed by atoms with Gasteiger partial charge in [0.15, 0.2) is 0 Å². The SMILES string of the molecule is Cc1cc(N2C(=O)C=C(F)N3C=CCN=C32)c(F)cc1Cl.FCF. The van der Waals surface area contributed by atoms with E-state index in [0.717, 1.165) is 21.9 Å². The molecule has 0 fully saturated rings. The van der Waals surface area contributed by atoms with E-state index < -0.39 is 24.6 Å². The van der Waals surface area contributed by atoms with Gasteiger partial charge in [-0.2, -0.15) is 4.39 Å². The maximum absolute atomic E-state index is 14.2. The molecule has 9 heteroatoms. The summed E-state index contributed by atoms with van der Waals surface area (Å²) >= 11 is 5.85. The van der Waals surface area contributed by atoms with Crippen LogP contribution in [0.15, 0.2) is 41.4 Å². The number of benzene rings is 1. The number of halogens is 5. The Morgan fingerprint density at radius 2 is 1.96 bits per heavy atom. The molecule has 0 saturated heterocycles. The van der Waals surface area contributed by atoms with E-state index in [1.54, 1.807) is 13.0 Å². The average molecular weight is 362 g/mol. The Bertz CT molecular complexity index is 748. The fourth-order valence-electron chi connectivity index (χ4n) is 2.15. The molecule has 24 heavy (non-hydrogen) atoms. The molecule has 0 radical (unpaired) electrons. The minimum atomic E-state index is -1.75.